The summed E-state index contributed by atoms with van der Waals surface area (Å²) in [5.41, 5.74) is 5.21. The summed E-state index contributed by atoms with van der Waals surface area (Å²) in [6.45, 7) is 4.37. The van der Waals surface area contributed by atoms with Crippen molar-refractivity contribution < 1.29 is 5.11 Å². The van der Waals surface area contributed by atoms with Gasteiger partial charge in [-0.1, -0.05) is 20.3 Å². The van der Waals surface area contributed by atoms with Gasteiger partial charge in [-0.25, -0.2) is 15.0 Å². The molecule has 132 valence electrons. The second-order valence-electron chi connectivity index (χ2n) is 6.73. The van der Waals surface area contributed by atoms with Crippen LogP contribution in [-0.2, 0) is 19.3 Å². The Morgan fingerprint density at radius 1 is 1.24 bits per heavy atom. The molecule has 3 aromatic rings. The molecule has 0 saturated carbocycles. The van der Waals surface area contributed by atoms with Crippen LogP contribution in [0, 0.1) is 0 Å². The van der Waals surface area contributed by atoms with Crippen molar-refractivity contribution in [3.8, 4) is 0 Å². The quantitative estimate of drug-likeness (QED) is 0.702. The van der Waals surface area contributed by atoms with Gasteiger partial charge in [0.1, 0.15) is 17.0 Å². The third kappa shape index (κ3) is 2.77. The number of rotatable bonds is 6. The van der Waals surface area contributed by atoms with Gasteiger partial charge >= 0.3 is 0 Å². The highest BCUT2D eigenvalue weighted by Gasteiger charge is 2.24. The highest BCUT2D eigenvalue weighted by molar-refractivity contribution is 7.26. The van der Waals surface area contributed by atoms with Crippen LogP contribution in [0.5, 0.6) is 0 Å². The first kappa shape index (κ1) is 16.7. The van der Waals surface area contributed by atoms with E-state index in [4.69, 9.17) is 4.98 Å². The number of aliphatic hydroxyl groups is 1. The van der Waals surface area contributed by atoms with E-state index in [1.165, 1.54) is 28.6 Å². The molecule has 0 fully saturated rings. The van der Waals surface area contributed by atoms with E-state index in [0.29, 0.717) is 0 Å². The van der Waals surface area contributed by atoms with Crippen molar-refractivity contribution in [2.24, 2.45) is 0 Å². The molecular formula is C19H24N4OS. The number of hydrogen-bond acceptors (Lipinski definition) is 6. The zero-order chi connectivity index (χ0) is 17.4. The standard InChI is InChI=1S/C19H24N4OS/c1-3-6-14-12-7-5-8-13(12)15-16-17(25-19(15)23-14)18(21-10-20-16)22-11(4-2)9-24/h10-11,24H,3-9H2,1-2H3,(H,20,21,22)/t11-/m0/s1. The fraction of sp³-hybridized carbons (Fsp3) is 0.526. The summed E-state index contributed by atoms with van der Waals surface area (Å²) in [5, 5.41) is 14.1. The molecule has 0 radical (unpaired) electrons. The van der Waals surface area contributed by atoms with Crippen LogP contribution in [0.4, 0.5) is 5.82 Å². The first-order valence-electron chi connectivity index (χ1n) is 9.22. The third-order valence-corrected chi connectivity index (χ3v) is 6.18. The Bertz CT molecular complexity index is 917. The highest BCUT2D eigenvalue weighted by atomic mass is 32.1. The van der Waals surface area contributed by atoms with Gasteiger partial charge in [-0.15, -0.1) is 11.3 Å². The van der Waals surface area contributed by atoms with Gasteiger partial charge in [-0.05, 0) is 43.2 Å². The maximum Gasteiger partial charge on any atom is 0.147 e. The zero-order valence-electron chi connectivity index (χ0n) is 14.8. The molecule has 0 amide bonds. The van der Waals surface area contributed by atoms with Crippen molar-refractivity contribution >= 4 is 37.6 Å². The van der Waals surface area contributed by atoms with Crippen LogP contribution < -0.4 is 5.32 Å². The number of pyridine rings is 1. The number of aromatic nitrogens is 3. The predicted octanol–water partition coefficient (Wildman–Crippen LogP) is 3.86. The Morgan fingerprint density at radius 3 is 2.84 bits per heavy atom. The summed E-state index contributed by atoms with van der Waals surface area (Å²) < 4.78 is 1.06. The molecule has 6 heteroatoms. The molecule has 2 N–H and O–H groups in total. The van der Waals surface area contributed by atoms with Crippen molar-refractivity contribution in [2.45, 2.75) is 58.4 Å². The van der Waals surface area contributed by atoms with Crippen molar-refractivity contribution in [3.63, 3.8) is 0 Å². The maximum absolute atomic E-state index is 9.51. The van der Waals surface area contributed by atoms with Crippen molar-refractivity contribution in [1.29, 1.82) is 0 Å². The van der Waals surface area contributed by atoms with E-state index in [-0.39, 0.29) is 12.6 Å². The minimum Gasteiger partial charge on any atom is -0.394 e. The molecule has 0 bridgehead atoms. The molecule has 0 aromatic carbocycles. The lowest BCUT2D eigenvalue weighted by Gasteiger charge is -2.14. The van der Waals surface area contributed by atoms with E-state index in [1.54, 1.807) is 17.7 Å². The monoisotopic (exact) mass is 356 g/mol. The minimum atomic E-state index is 0.0117. The summed E-state index contributed by atoms with van der Waals surface area (Å²) >= 11 is 1.68. The largest absolute Gasteiger partial charge is 0.394 e. The van der Waals surface area contributed by atoms with Crippen molar-refractivity contribution in [3.05, 3.63) is 23.1 Å². The molecule has 1 aliphatic rings. The number of nitrogens with one attached hydrogen (secondary N) is 1. The summed E-state index contributed by atoms with van der Waals surface area (Å²) in [6.07, 6.45) is 8.12. The van der Waals surface area contributed by atoms with E-state index < -0.39 is 0 Å². The second-order valence-corrected chi connectivity index (χ2v) is 7.73. The summed E-state index contributed by atoms with van der Waals surface area (Å²) in [5.74, 6) is 0.817. The van der Waals surface area contributed by atoms with E-state index in [9.17, 15) is 5.11 Å². The van der Waals surface area contributed by atoms with Gasteiger partial charge in [-0.3, -0.25) is 0 Å². The molecular weight excluding hydrogens is 332 g/mol. The van der Waals surface area contributed by atoms with Crippen LogP contribution >= 0.6 is 11.3 Å². The van der Waals surface area contributed by atoms with Crippen LogP contribution in [0.15, 0.2) is 6.33 Å². The van der Waals surface area contributed by atoms with E-state index in [1.807, 2.05) is 0 Å². The van der Waals surface area contributed by atoms with Gasteiger partial charge in [0.15, 0.2) is 0 Å². The molecule has 4 rings (SSSR count). The predicted molar refractivity (Wildman–Crippen MR) is 104 cm³/mol. The number of aliphatic hydroxyl groups excluding tert-OH is 1. The number of aryl methyl sites for hydroxylation is 2. The van der Waals surface area contributed by atoms with Crippen LogP contribution in [0.2, 0.25) is 0 Å². The highest BCUT2D eigenvalue weighted by Crippen LogP contribution is 2.41. The van der Waals surface area contributed by atoms with Gasteiger partial charge < -0.3 is 10.4 Å². The molecule has 5 nitrogen and oxygen atoms in total. The van der Waals surface area contributed by atoms with E-state index in [2.05, 4.69) is 29.1 Å². The molecule has 3 aromatic heterocycles. The lowest BCUT2D eigenvalue weighted by molar-refractivity contribution is 0.271. The van der Waals surface area contributed by atoms with Gasteiger partial charge in [0.25, 0.3) is 0 Å². The lowest BCUT2D eigenvalue weighted by Crippen LogP contribution is -2.23. The molecule has 0 aliphatic heterocycles. The summed E-state index contributed by atoms with van der Waals surface area (Å²) in [6, 6.07) is 0.0117. The first-order chi connectivity index (χ1) is 12.3. The number of fused-ring (bicyclic) bond motifs is 5. The van der Waals surface area contributed by atoms with E-state index in [0.717, 1.165) is 53.0 Å². The van der Waals surface area contributed by atoms with Crippen LogP contribution in [0.25, 0.3) is 20.4 Å². The first-order valence-corrected chi connectivity index (χ1v) is 10.0. The number of hydrogen-bond donors (Lipinski definition) is 2. The Hall–Kier alpha value is -1.79. The van der Waals surface area contributed by atoms with Crippen molar-refractivity contribution in [1.82, 2.24) is 15.0 Å². The molecule has 0 unspecified atom stereocenters. The van der Waals surface area contributed by atoms with E-state index >= 15 is 0 Å². The molecule has 1 atom stereocenters. The normalized spacial score (nSPS) is 15.0. The zero-order valence-corrected chi connectivity index (χ0v) is 15.6. The summed E-state index contributed by atoms with van der Waals surface area (Å²) in [7, 11) is 0. The van der Waals surface area contributed by atoms with Gasteiger partial charge in [0.05, 0.1) is 22.9 Å². The fourth-order valence-electron chi connectivity index (χ4n) is 3.79. The van der Waals surface area contributed by atoms with Crippen LogP contribution in [0.3, 0.4) is 0 Å². The van der Waals surface area contributed by atoms with Gasteiger partial charge in [0.2, 0.25) is 0 Å². The smallest absolute Gasteiger partial charge is 0.147 e. The molecule has 25 heavy (non-hydrogen) atoms. The molecule has 0 spiro atoms. The van der Waals surface area contributed by atoms with Crippen LogP contribution in [0.1, 0.15) is 49.9 Å². The number of thiophene rings is 1. The Balaban J connectivity index is 1.93. The number of anilines is 1. The Morgan fingerprint density at radius 2 is 2.08 bits per heavy atom. The topological polar surface area (TPSA) is 70.9 Å². The third-order valence-electron chi connectivity index (χ3n) is 5.10. The van der Waals surface area contributed by atoms with Crippen molar-refractivity contribution in [2.75, 3.05) is 11.9 Å². The maximum atomic E-state index is 9.51. The SMILES string of the molecule is CCCc1nc2sc3c(N[C@@H](CC)CO)ncnc3c2c2c1CCC2. The van der Waals surface area contributed by atoms with Crippen LogP contribution in [-0.4, -0.2) is 32.7 Å². The molecule has 1 aliphatic carbocycles. The Kier molecular flexibility index (Phi) is 4.56. The molecule has 0 saturated heterocycles. The minimum absolute atomic E-state index is 0.0117. The van der Waals surface area contributed by atoms with Gasteiger partial charge in [-0.2, -0.15) is 0 Å². The summed E-state index contributed by atoms with van der Waals surface area (Å²) in [4.78, 5) is 15.1. The second kappa shape index (κ2) is 6.84. The Labute approximate surface area is 151 Å². The van der Waals surface area contributed by atoms with Gasteiger partial charge in [0, 0.05) is 11.1 Å². The number of nitrogens with zero attached hydrogens (tertiary/aromatic N) is 3. The lowest BCUT2D eigenvalue weighted by atomic mass is 10.0. The molecule has 3 heterocycles. The average molecular weight is 356 g/mol. The average Bonchev–Trinajstić information content (AvgIpc) is 3.24. The fourth-order valence-corrected chi connectivity index (χ4v) is 4.92.